The van der Waals surface area contributed by atoms with Crippen LogP contribution in [0.1, 0.15) is 12.0 Å². The molecule has 0 saturated carbocycles. The first-order chi connectivity index (χ1) is 9.70. The Morgan fingerprint density at radius 2 is 2.15 bits per heavy atom. The minimum absolute atomic E-state index is 0.0292. The third-order valence-electron chi connectivity index (χ3n) is 3.56. The van der Waals surface area contributed by atoms with Gasteiger partial charge in [-0.05, 0) is 24.0 Å². The molecule has 0 aliphatic carbocycles. The van der Waals surface area contributed by atoms with Gasteiger partial charge in [-0.25, -0.2) is 0 Å². The third-order valence-corrected chi connectivity index (χ3v) is 3.56. The van der Waals surface area contributed by atoms with Crippen LogP contribution in [0, 0.1) is 0 Å². The van der Waals surface area contributed by atoms with Gasteiger partial charge in [-0.15, -0.1) is 0 Å². The summed E-state index contributed by atoms with van der Waals surface area (Å²) in [6.07, 6.45) is 3.53. The van der Waals surface area contributed by atoms with Crippen LogP contribution in [-0.2, 0) is 16.0 Å². The summed E-state index contributed by atoms with van der Waals surface area (Å²) < 4.78 is 5.11. The summed E-state index contributed by atoms with van der Waals surface area (Å²) in [6.45, 7) is 2.02. The van der Waals surface area contributed by atoms with E-state index in [2.05, 4.69) is 6.08 Å². The second-order valence-corrected chi connectivity index (χ2v) is 5.13. The molecular weight excluding hydrogens is 252 g/mol. The molecule has 4 nitrogen and oxygen atoms in total. The molecule has 0 radical (unpaired) electrons. The minimum Gasteiger partial charge on any atom is -0.380 e. The zero-order chi connectivity index (χ0) is 14.4. The first-order valence-corrected chi connectivity index (χ1v) is 6.96. The number of hydrogen-bond acceptors (Lipinski definition) is 3. The van der Waals surface area contributed by atoms with Crippen LogP contribution in [0.4, 0.5) is 0 Å². The van der Waals surface area contributed by atoms with Gasteiger partial charge in [-0.2, -0.15) is 0 Å². The molecule has 0 bridgehead atoms. The molecule has 0 aromatic heterocycles. The lowest BCUT2D eigenvalue weighted by molar-refractivity contribution is -0.132. The Bertz CT molecular complexity index is 471. The van der Waals surface area contributed by atoms with Crippen LogP contribution in [0.15, 0.2) is 42.0 Å². The average molecular weight is 274 g/mol. The summed E-state index contributed by atoms with van der Waals surface area (Å²) >= 11 is 0. The highest BCUT2D eigenvalue weighted by Gasteiger charge is 2.22. The van der Waals surface area contributed by atoms with Gasteiger partial charge in [0.25, 0.3) is 0 Å². The van der Waals surface area contributed by atoms with E-state index in [0.717, 1.165) is 18.5 Å². The van der Waals surface area contributed by atoms with E-state index < -0.39 is 6.04 Å². The number of carbonyl (C=O) groups excluding carboxylic acids is 1. The number of nitrogens with two attached hydrogens (primary N) is 1. The van der Waals surface area contributed by atoms with Crippen LogP contribution < -0.4 is 5.73 Å². The third kappa shape index (κ3) is 3.92. The van der Waals surface area contributed by atoms with Crippen LogP contribution in [0.2, 0.25) is 0 Å². The molecule has 1 aromatic rings. The van der Waals surface area contributed by atoms with Crippen molar-refractivity contribution in [1.29, 1.82) is 0 Å². The molecule has 1 aliphatic rings. The van der Waals surface area contributed by atoms with Crippen LogP contribution in [0.3, 0.4) is 0 Å². The van der Waals surface area contributed by atoms with Gasteiger partial charge in [0.05, 0.1) is 12.6 Å². The van der Waals surface area contributed by atoms with Gasteiger partial charge in [0.1, 0.15) is 0 Å². The van der Waals surface area contributed by atoms with Crippen molar-refractivity contribution >= 4 is 5.91 Å². The molecule has 2 N–H and O–H groups in total. The molecule has 0 spiro atoms. The lowest BCUT2D eigenvalue weighted by Gasteiger charge is -2.28. The second kappa shape index (κ2) is 7.22. The van der Waals surface area contributed by atoms with Crippen molar-refractivity contribution in [2.24, 2.45) is 5.73 Å². The maximum Gasteiger partial charge on any atom is 0.240 e. The number of benzene rings is 1. The summed E-state index contributed by atoms with van der Waals surface area (Å²) in [7, 11) is 1.69. The largest absolute Gasteiger partial charge is 0.380 e. The predicted molar refractivity (Wildman–Crippen MR) is 79.3 cm³/mol. The number of hydrogen-bond donors (Lipinski definition) is 1. The fraction of sp³-hybridized carbons (Fsp3) is 0.438. The summed E-state index contributed by atoms with van der Waals surface area (Å²) in [4.78, 5) is 14.1. The van der Waals surface area contributed by atoms with E-state index in [1.165, 1.54) is 5.57 Å². The minimum atomic E-state index is -0.463. The molecule has 20 heavy (non-hydrogen) atoms. The molecule has 1 amide bonds. The van der Waals surface area contributed by atoms with Gasteiger partial charge in [0.2, 0.25) is 5.91 Å². The molecule has 4 heteroatoms. The first kappa shape index (κ1) is 14.8. The lowest BCUT2D eigenvalue weighted by Crippen LogP contribution is -2.46. The molecule has 0 fully saturated rings. The molecule has 108 valence electrons. The van der Waals surface area contributed by atoms with Crippen molar-refractivity contribution in [2.45, 2.75) is 18.9 Å². The standard InChI is InChI=1S/C16H22N2O2/c1-20-12-14-7-9-18(10-8-14)16(19)15(17)11-13-5-3-2-4-6-13/h2-7,15H,8-12,17H2,1H3/t15-/m0/s1. The van der Waals surface area contributed by atoms with E-state index in [1.807, 2.05) is 35.2 Å². The topological polar surface area (TPSA) is 55.6 Å². The number of methoxy groups -OCH3 is 1. The quantitative estimate of drug-likeness (QED) is 0.825. The number of nitrogens with zero attached hydrogens (tertiary/aromatic N) is 1. The van der Waals surface area contributed by atoms with Gasteiger partial charge in [-0.3, -0.25) is 4.79 Å². The summed E-state index contributed by atoms with van der Waals surface area (Å²) in [5.41, 5.74) is 8.39. The van der Waals surface area contributed by atoms with Crippen LogP contribution in [0.25, 0.3) is 0 Å². The highest BCUT2D eigenvalue weighted by Crippen LogP contribution is 2.13. The van der Waals surface area contributed by atoms with Gasteiger partial charge in [-0.1, -0.05) is 36.4 Å². The van der Waals surface area contributed by atoms with E-state index in [-0.39, 0.29) is 5.91 Å². The number of amides is 1. The van der Waals surface area contributed by atoms with E-state index in [9.17, 15) is 4.79 Å². The Balaban J connectivity index is 1.88. The van der Waals surface area contributed by atoms with Gasteiger partial charge in [0, 0.05) is 20.2 Å². The van der Waals surface area contributed by atoms with Crippen molar-refractivity contribution in [3.8, 4) is 0 Å². The fourth-order valence-corrected chi connectivity index (χ4v) is 2.42. The van der Waals surface area contributed by atoms with E-state index in [1.54, 1.807) is 7.11 Å². The molecule has 0 unspecified atom stereocenters. The molecule has 1 atom stereocenters. The average Bonchev–Trinajstić information content (AvgIpc) is 2.48. The zero-order valence-electron chi connectivity index (χ0n) is 11.9. The van der Waals surface area contributed by atoms with E-state index in [0.29, 0.717) is 19.6 Å². The predicted octanol–water partition coefficient (Wildman–Crippen LogP) is 1.36. The number of carbonyl (C=O) groups is 1. The maximum atomic E-state index is 12.3. The normalized spacial score (nSPS) is 16.7. The van der Waals surface area contributed by atoms with Crippen molar-refractivity contribution in [3.63, 3.8) is 0 Å². The highest BCUT2D eigenvalue weighted by atomic mass is 16.5. The molecule has 1 aromatic carbocycles. The number of rotatable bonds is 5. The fourth-order valence-electron chi connectivity index (χ4n) is 2.42. The maximum absolute atomic E-state index is 12.3. The second-order valence-electron chi connectivity index (χ2n) is 5.13. The summed E-state index contributed by atoms with van der Waals surface area (Å²) in [5, 5.41) is 0. The Labute approximate surface area is 120 Å². The van der Waals surface area contributed by atoms with Crippen molar-refractivity contribution in [3.05, 3.63) is 47.5 Å². The molecule has 1 heterocycles. The van der Waals surface area contributed by atoms with Crippen LogP contribution >= 0.6 is 0 Å². The van der Waals surface area contributed by atoms with E-state index in [4.69, 9.17) is 10.5 Å². The first-order valence-electron chi connectivity index (χ1n) is 6.96. The van der Waals surface area contributed by atoms with Crippen molar-refractivity contribution in [2.75, 3.05) is 26.8 Å². The Hall–Kier alpha value is -1.65. The Morgan fingerprint density at radius 3 is 2.75 bits per heavy atom. The smallest absolute Gasteiger partial charge is 0.240 e. The molecule has 0 saturated heterocycles. The van der Waals surface area contributed by atoms with Gasteiger partial charge >= 0.3 is 0 Å². The number of ether oxygens (including phenoxy) is 1. The summed E-state index contributed by atoms with van der Waals surface area (Å²) in [6, 6.07) is 9.43. The van der Waals surface area contributed by atoms with Crippen molar-refractivity contribution < 1.29 is 9.53 Å². The van der Waals surface area contributed by atoms with Crippen molar-refractivity contribution in [1.82, 2.24) is 4.90 Å². The van der Waals surface area contributed by atoms with Gasteiger partial charge < -0.3 is 15.4 Å². The van der Waals surface area contributed by atoms with E-state index >= 15 is 0 Å². The summed E-state index contributed by atoms with van der Waals surface area (Å²) in [5.74, 6) is 0.0292. The highest BCUT2D eigenvalue weighted by molar-refractivity contribution is 5.82. The Kier molecular flexibility index (Phi) is 5.32. The molecule has 1 aliphatic heterocycles. The molecular formula is C16H22N2O2. The van der Waals surface area contributed by atoms with Crippen LogP contribution in [-0.4, -0.2) is 43.7 Å². The molecule has 2 rings (SSSR count). The van der Waals surface area contributed by atoms with Crippen LogP contribution in [0.5, 0.6) is 0 Å². The zero-order valence-corrected chi connectivity index (χ0v) is 11.9. The monoisotopic (exact) mass is 274 g/mol. The lowest BCUT2D eigenvalue weighted by atomic mass is 10.0. The van der Waals surface area contributed by atoms with Gasteiger partial charge in [0.15, 0.2) is 0 Å². The SMILES string of the molecule is COCC1=CCN(C(=O)[C@@H](N)Cc2ccccc2)CC1. The Morgan fingerprint density at radius 1 is 1.40 bits per heavy atom.